The predicted molar refractivity (Wildman–Crippen MR) is 218 cm³/mol. The fraction of sp³-hybridized carbons (Fsp3) is 1.00. The minimum absolute atomic E-state index is 0.00209. The van der Waals surface area contributed by atoms with Crippen molar-refractivity contribution in [3.8, 4) is 0 Å². The van der Waals surface area contributed by atoms with Gasteiger partial charge in [0.15, 0.2) is 0 Å². The third kappa shape index (κ3) is 8.46. The molecule has 0 saturated heterocycles. The van der Waals surface area contributed by atoms with Gasteiger partial charge in [0.25, 0.3) is 0 Å². The van der Waals surface area contributed by atoms with Crippen LogP contribution in [0.25, 0.3) is 0 Å². The van der Waals surface area contributed by atoms with Gasteiger partial charge >= 0.3 is 0 Å². The second kappa shape index (κ2) is 15.1. The highest BCUT2D eigenvalue weighted by Gasteiger charge is 2.63. The van der Waals surface area contributed by atoms with Gasteiger partial charge in [-0.25, -0.2) is 0 Å². The Hall–Kier alpha value is 0.177. The number of fused-ring (bicyclic) bond motifs is 2. The molecule has 49 heavy (non-hydrogen) atoms. The summed E-state index contributed by atoms with van der Waals surface area (Å²) in [7, 11) is -1.60. The Morgan fingerprint density at radius 1 is 0.551 bits per heavy atom. The van der Waals surface area contributed by atoms with Gasteiger partial charge in [-0.05, 0) is 165 Å². The molecule has 0 aromatic heterocycles. The van der Waals surface area contributed by atoms with Gasteiger partial charge in [-0.15, -0.1) is 0 Å². The second-order valence-corrected chi connectivity index (χ2v) is 28.3. The van der Waals surface area contributed by atoms with Gasteiger partial charge in [0.1, 0.15) is 0 Å². The average Bonchev–Trinajstić information content (AvgIpc) is 3.64. The molecule has 5 aliphatic carbocycles. The van der Waals surface area contributed by atoms with Gasteiger partial charge in [-0.2, -0.15) is 0 Å². The first-order valence-electron chi connectivity index (χ1n) is 22.3. The van der Waals surface area contributed by atoms with E-state index < -0.39 is 8.07 Å². The van der Waals surface area contributed by atoms with Crippen molar-refractivity contribution in [3.63, 3.8) is 0 Å². The molecular formula is C47H88OSi. The standard InChI is InChI=1S/C47H88OSi/c1-30-25-40-41(28-35-21-20-22-39(35)42(40)36-26-37(45(6,7)8)29-38(27-36)46(9,10)11)43(30)49(15,44-33(4)31(2)32(3)34(44)5)24-19-17-16-18-23-48-47(12,13)14/h30-44H,16-29H2,1-15H3. The molecule has 0 bridgehead atoms. The fourth-order valence-corrected chi connectivity index (χ4v) is 22.8. The Bertz CT molecular complexity index is 1020. The van der Waals surface area contributed by atoms with E-state index in [2.05, 4.69) is 103 Å². The van der Waals surface area contributed by atoms with Gasteiger partial charge in [-0.1, -0.05) is 121 Å². The molecule has 286 valence electrons. The van der Waals surface area contributed by atoms with Crippen LogP contribution in [0.1, 0.15) is 174 Å². The van der Waals surface area contributed by atoms with Crippen molar-refractivity contribution in [2.45, 2.75) is 203 Å². The molecule has 5 rings (SSSR count). The summed E-state index contributed by atoms with van der Waals surface area (Å²) >= 11 is 0. The van der Waals surface area contributed by atoms with Gasteiger partial charge in [0.05, 0.1) is 13.7 Å². The van der Waals surface area contributed by atoms with E-state index in [0.717, 1.165) is 94.6 Å². The lowest BCUT2D eigenvalue weighted by Crippen LogP contribution is -2.51. The molecule has 0 aliphatic heterocycles. The lowest BCUT2D eigenvalue weighted by Gasteiger charge is -2.55. The summed E-state index contributed by atoms with van der Waals surface area (Å²) < 4.78 is 6.12. The molecule has 5 aliphatic rings. The van der Waals surface area contributed by atoms with Crippen molar-refractivity contribution in [2.24, 2.45) is 87.8 Å². The third-order valence-electron chi connectivity index (χ3n) is 17.6. The highest BCUT2D eigenvalue weighted by atomic mass is 28.3. The van der Waals surface area contributed by atoms with E-state index in [0.29, 0.717) is 10.8 Å². The van der Waals surface area contributed by atoms with Crippen molar-refractivity contribution in [1.82, 2.24) is 0 Å². The van der Waals surface area contributed by atoms with E-state index in [1.54, 1.807) is 31.7 Å². The third-order valence-corrected chi connectivity index (χ3v) is 24.1. The van der Waals surface area contributed by atoms with Crippen LogP contribution < -0.4 is 0 Å². The van der Waals surface area contributed by atoms with Gasteiger partial charge in [-0.3, -0.25) is 0 Å². The van der Waals surface area contributed by atoms with Crippen LogP contribution in [0.4, 0.5) is 0 Å². The maximum atomic E-state index is 6.12. The second-order valence-electron chi connectivity index (χ2n) is 23.4. The number of unbranched alkanes of at least 4 members (excludes halogenated alkanes) is 3. The topological polar surface area (TPSA) is 9.23 Å². The van der Waals surface area contributed by atoms with Crippen molar-refractivity contribution in [3.05, 3.63) is 0 Å². The first-order valence-corrected chi connectivity index (χ1v) is 25.1. The number of hydrogen-bond acceptors (Lipinski definition) is 1. The minimum atomic E-state index is -1.60. The SMILES string of the molecule is CC1CC2C(CC3CCCC3C2C2CC(C(C)(C)C)CC(C(C)(C)C)C2)C1[Si](C)(CCCCCCOC(C)(C)C)C1C(C)C(C)C(C)C1C. The summed E-state index contributed by atoms with van der Waals surface area (Å²) in [6, 6.07) is 1.60. The normalized spacial score (nSPS) is 44.5. The highest BCUT2D eigenvalue weighted by Crippen LogP contribution is 2.69. The summed E-state index contributed by atoms with van der Waals surface area (Å²) in [6.45, 7) is 39.6. The van der Waals surface area contributed by atoms with Crippen LogP contribution in [0.3, 0.4) is 0 Å². The Kier molecular flexibility index (Phi) is 12.5. The minimum Gasteiger partial charge on any atom is -0.376 e. The molecule has 0 radical (unpaired) electrons. The Labute approximate surface area is 309 Å². The Morgan fingerprint density at radius 2 is 1.12 bits per heavy atom. The van der Waals surface area contributed by atoms with Gasteiger partial charge < -0.3 is 4.74 Å². The molecule has 0 heterocycles. The molecule has 14 atom stereocenters. The molecule has 0 N–H and O–H groups in total. The lowest BCUT2D eigenvalue weighted by molar-refractivity contribution is -0.0360. The Balaban J connectivity index is 1.44. The van der Waals surface area contributed by atoms with E-state index >= 15 is 0 Å². The summed E-state index contributed by atoms with van der Waals surface area (Å²) in [4.78, 5) is 0. The zero-order valence-electron chi connectivity index (χ0n) is 36.0. The summed E-state index contributed by atoms with van der Waals surface area (Å²) in [5.41, 5.74) is 2.93. The summed E-state index contributed by atoms with van der Waals surface area (Å²) in [6.07, 6.45) is 17.9. The molecule has 5 saturated carbocycles. The predicted octanol–water partition coefficient (Wildman–Crippen LogP) is 14.6. The number of hydrogen-bond donors (Lipinski definition) is 0. The van der Waals surface area contributed by atoms with Crippen LogP contribution >= 0.6 is 0 Å². The number of ether oxygens (including phenoxy) is 1. The lowest BCUT2D eigenvalue weighted by atomic mass is 9.52. The first-order chi connectivity index (χ1) is 22.6. The smallest absolute Gasteiger partial charge is 0.0598 e. The molecule has 0 aromatic rings. The zero-order chi connectivity index (χ0) is 36.3. The van der Waals surface area contributed by atoms with E-state index in [-0.39, 0.29) is 5.60 Å². The maximum Gasteiger partial charge on any atom is 0.0598 e. The van der Waals surface area contributed by atoms with Crippen molar-refractivity contribution < 1.29 is 4.74 Å². The fourth-order valence-electron chi connectivity index (χ4n) is 14.9. The highest BCUT2D eigenvalue weighted by molar-refractivity contribution is 6.81. The molecule has 0 aromatic carbocycles. The van der Waals surface area contributed by atoms with E-state index in [9.17, 15) is 0 Å². The molecule has 1 nitrogen and oxygen atoms in total. The molecule has 0 amide bonds. The molecule has 5 fully saturated rings. The van der Waals surface area contributed by atoms with E-state index in [1.165, 1.54) is 51.4 Å². The van der Waals surface area contributed by atoms with Crippen LogP contribution in [-0.4, -0.2) is 20.3 Å². The molecule has 14 unspecified atom stereocenters. The van der Waals surface area contributed by atoms with Gasteiger partial charge in [0, 0.05) is 6.61 Å². The van der Waals surface area contributed by atoms with Crippen LogP contribution in [0, 0.1) is 87.8 Å². The van der Waals surface area contributed by atoms with Crippen LogP contribution in [-0.2, 0) is 4.74 Å². The summed E-state index contributed by atoms with van der Waals surface area (Å²) in [5, 5.41) is 0. The van der Waals surface area contributed by atoms with Crippen LogP contribution in [0.15, 0.2) is 0 Å². The van der Waals surface area contributed by atoms with Crippen molar-refractivity contribution in [1.29, 1.82) is 0 Å². The zero-order valence-corrected chi connectivity index (χ0v) is 37.0. The molecule has 0 spiro atoms. The van der Waals surface area contributed by atoms with E-state index in [1.807, 2.05) is 0 Å². The van der Waals surface area contributed by atoms with Crippen LogP contribution in [0.5, 0.6) is 0 Å². The Morgan fingerprint density at radius 3 is 1.67 bits per heavy atom. The van der Waals surface area contributed by atoms with E-state index in [4.69, 9.17) is 4.74 Å². The molecule has 2 heteroatoms. The monoisotopic (exact) mass is 697 g/mol. The van der Waals surface area contributed by atoms with Gasteiger partial charge in [0.2, 0.25) is 0 Å². The van der Waals surface area contributed by atoms with Crippen LogP contribution in [0.2, 0.25) is 23.7 Å². The maximum absolute atomic E-state index is 6.12. The number of rotatable bonds is 10. The molecular weight excluding hydrogens is 609 g/mol. The van der Waals surface area contributed by atoms with Crippen molar-refractivity contribution >= 4 is 8.07 Å². The quantitative estimate of drug-likeness (QED) is 0.163. The van der Waals surface area contributed by atoms with Crippen molar-refractivity contribution in [2.75, 3.05) is 6.61 Å². The summed E-state index contributed by atoms with van der Waals surface area (Å²) in [5.74, 6) is 12.4. The largest absolute Gasteiger partial charge is 0.376 e. The first kappa shape index (κ1) is 40.4. The average molecular weight is 697 g/mol.